The molecule has 4 nitrogen and oxygen atoms in total. The van der Waals surface area contributed by atoms with Crippen LogP contribution in [0.4, 0.5) is 0 Å². The third kappa shape index (κ3) is 5.44. The quantitative estimate of drug-likeness (QED) is 0.214. The molecule has 1 unspecified atom stereocenters. The first-order chi connectivity index (χ1) is 19.5. The molecule has 0 saturated heterocycles. The standard InChI is InChI=1S/C35H34O4S/c1-39-32(36)28-20-18-27(19-21-28)26-35(30-14-7-3-8-15-30)23-11-22-34(33(35)37,29-12-5-2-6-13-29)24-25-40(38)31-16-9-4-10-17-31/h2-10,12-21H,11,22-26H2,1H3/t34-,35+,40?/m0/s1. The number of carbonyl (C=O) groups is 2. The molecule has 5 rings (SSSR count). The van der Waals surface area contributed by atoms with Gasteiger partial charge < -0.3 is 4.74 Å². The second-order valence-corrected chi connectivity index (χ2v) is 12.1. The van der Waals surface area contributed by atoms with Crippen molar-refractivity contribution in [3.63, 3.8) is 0 Å². The fourth-order valence-electron chi connectivity index (χ4n) is 6.28. The zero-order valence-corrected chi connectivity index (χ0v) is 23.6. The number of hydrogen-bond acceptors (Lipinski definition) is 4. The molecule has 0 amide bonds. The summed E-state index contributed by atoms with van der Waals surface area (Å²) in [7, 11) is 0.159. The van der Waals surface area contributed by atoms with Crippen molar-refractivity contribution in [2.24, 2.45) is 0 Å². The van der Waals surface area contributed by atoms with Gasteiger partial charge in [-0.2, -0.15) is 0 Å². The molecule has 40 heavy (non-hydrogen) atoms. The summed E-state index contributed by atoms with van der Waals surface area (Å²) in [4.78, 5) is 28.0. The SMILES string of the molecule is COC(=O)c1ccc(C[C@@]2(c3ccccc3)CCC[C@](CCS(=O)c3ccccc3)(c3ccccc3)C2=O)cc1. The molecule has 3 atom stereocenters. The van der Waals surface area contributed by atoms with E-state index >= 15 is 4.79 Å². The third-order valence-electron chi connectivity index (χ3n) is 8.33. The highest BCUT2D eigenvalue weighted by atomic mass is 32.2. The summed E-state index contributed by atoms with van der Waals surface area (Å²) in [5.74, 6) is 0.210. The fourth-order valence-corrected chi connectivity index (χ4v) is 7.51. The molecular formula is C35H34O4S. The largest absolute Gasteiger partial charge is 0.465 e. The Morgan fingerprint density at radius 2 is 1.27 bits per heavy atom. The Morgan fingerprint density at radius 1 is 0.750 bits per heavy atom. The van der Waals surface area contributed by atoms with E-state index < -0.39 is 21.6 Å². The first-order valence-corrected chi connectivity index (χ1v) is 15.1. The summed E-state index contributed by atoms with van der Waals surface area (Å²) >= 11 is 0. The maximum atomic E-state index is 15.2. The number of ether oxygens (including phenoxy) is 1. The summed E-state index contributed by atoms with van der Waals surface area (Å²) in [5, 5.41) is 0. The van der Waals surface area contributed by atoms with Gasteiger partial charge in [0.15, 0.2) is 5.78 Å². The first kappa shape index (κ1) is 27.7. The molecule has 1 aliphatic rings. The van der Waals surface area contributed by atoms with Crippen LogP contribution in [0.3, 0.4) is 0 Å². The van der Waals surface area contributed by atoms with Crippen molar-refractivity contribution < 1.29 is 18.5 Å². The Hall–Kier alpha value is -3.83. The summed E-state index contributed by atoms with van der Waals surface area (Å²) in [6, 6.07) is 37.0. The first-order valence-electron chi connectivity index (χ1n) is 13.8. The van der Waals surface area contributed by atoms with Crippen molar-refractivity contribution in [3.8, 4) is 0 Å². The monoisotopic (exact) mass is 550 g/mol. The second-order valence-electron chi connectivity index (χ2n) is 10.6. The van der Waals surface area contributed by atoms with Crippen LogP contribution in [0.5, 0.6) is 0 Å². The van der Waals surface area contributed by atoms with E-state index in [4.69, 9.17) is 4.74 Å². The number of benzene rings is 4. The molecule has 0 aliphatic heterocycles. The van der Waals surface area contributed by atoms with Gasteiger partial charge >= 0.3 is 5.97 Å². The van der Waals surface area contributed by atoms with Gasteiger partial charge in [0.1, 0.15) is 0 Å². The van der Waals surface area contributed by atoms with Crippen LogP contribution in [-0.2, 0) is 37.6 Å². The molecule has 0 heterocycles. The van der Waals surface area contributed by atoms with E-state index in [1.807, 2.05) is 78.9 Å². The molecule has 0 radical (unpaired) electrons. The summed E-state index contributed by atoms with van der Waals surface area (Å²) < 4.78 is 18.2. The van der Waals surface area contributed by atoms with Crippen molar-refractivity contribution in [3.05, 3.63) is 138 Å². The van der Waals surface area contributed by atoms with E-state index in [2.05, 4.69) is 24.3 Å². The zero-order chi connectivity index (χ0) is 28.0. The highest BCUT2D eigenvalue weighted by Crippen LogP contribution is 2.50. The normalized spacial score (nSPS) is 21.5. The van der Waals surface area contributed by atoms with Gasteiger partial charge in [-0.05, 0) is 66.6 Å². The number of Topliss-reactive ketones (excluding diaryl/α,β-unsaturated/α-hetero) is 1. The molecule has 1 fully saturated rings. The minimum Gasteiger partial charge on any atom is -0.465 e. The van der Waals surface area contributed by atoms with Crippen LogP contribution < -0.4 is 0 Å². The van der Waals surface area contributed by atoms with Crippen molar-refractivity contribution in [2.45, 2.75) is 47.8 Å². The second kappa shape index (κ2) is 12.1. The van der Waals surface area contributed by atoms with Gasteiger partial charge in [-0.15, -0.1) is 0 Å². The molecule has 0 spiro atoms. The maximum Gasteiger partial charge on any atom is 0.337 e. The van der Waals surface area contributed by atoms with Gasteiger partial charge in [0.25, 0.3) is 0 Å². The smallest absolute Gasteiger partial charge is 0.337 e. The number of carbonyl (C=O) groups excluding carboxylic acids is 2. The van der Waals surface area contributed by atoms with Crippen molar-refractivity contribution in [1.82, 2.24) is 0 Å². The number of hydrogen-bond donors (Lipinski definition) is 0. The Kier molecular flexibility index (Phi) is 8.41. The molecule has 0 N–H and O–H groups in total. The van der Waals surface area contributed by atoms with Crippen molar-refractivity contribution in [1.29, 1.82) is 0 Å². The highest BCUT2D eigenvalue weighted by Gasteiger charge is 2.54. The fraction of sp³-hybridized carbons (Fsp3) is 0.257. The average molecular weight is 551 g/mol. The van der Waals surface area contributed by atoms with Crippen LogP contribution in [0.15, 0.2) is 120 Å². The molecule has 1 aliphatic carbocycles. The van der Waals surface area contributed by atoms with E-state index in [0.717, 1.165) is 40.8 Å². The van der Waals surface area contributed by atoms with E-state index in [9.17, 15) is 9.00 Å². The van der Waals surface area contributed by atoms with Gasteiger partial charge in [-0.1, -0.05) is 97.4 Å². The van der Waals surface area contributed by atoms with Crippen molar-refractivity contribution >= 4 is 22.6 Å². The average Bonchev–Trinajstić information content (AvgIpc) is 3.02. The Bertz CT molecular complexity index is 1470. The van der Waals surface area contributed by atoms with Crippen LogP contribution >= 0.6 is 0 Å². The van der Waals surface area contributed by atoms with E-state index in [0.29, 0.717) is 24.2 Å². The molecule has 4 aromatic rings. The van der Waals surface area contributed by atoms with Crippen LogP contribution in [-0.4, -0.2) is 28.8 Å². The van der Waals surface area contributed by atoms with Gasteiger partial charge in [-0.3, -0.25) is 9.00 Å². The number of esters is 1. The Balaban J connectivity index is 1.57. The van der Waals surface area contributed by atoms with Gasteiger partial charge in [0.05, 0.1) is 34.3 Å². The molecule has 1 saturated carbocycles. The lowest BCUT2D eigenvalue weighted by molar-refractivity contribution is -0.133. The lowest BCUT2D eigenvalue weighted by Crippen LogP contribution is -2.54. The molecule has 5 heteroatoms. The summed E-state index contributed by atoms with van der Waals surface area (Å²) in [6.07, 6.45) is 3.34. The topological polar surface area (TPSA) is 60.4 Å². The van der Waals surface area contributed by atoms with Gasteiger partial charge in [-0.25, -0.2) is 4.79 Å². The summed E-state index contributed by atoms with van der Waals surface area (Å²) in [5.41, 5.74) is 1.95. The van der Waals surface area contributed by atoms with Gasteiger partial charge in [0.2, 0.25) is 0 Å². The van der Waals surface area contributed by atoms with Crippen LogP contribution in [0, 0.1) is 0 Å². The van der Waals surface area contributed by atoms with Crippen LogP contribution in [0.25, 0.3) is 0 Å². The number of ketones is 1. The Labute approximate surface area is 238 Å². The maximum absolute atomic E-state index is 15.2. The lowest BCUT2D eigenvalue weighted by atomic mass is 9.54. The van der Waals surface area contributed by atoms with Crippen molar-refractivity contribution in [2.75, 3.05) is 12.9 Å². The predicted octanol–water partition coefficient (Wildman–Crippen LogP) is 6.84. The molecular weight excluding hydrogens is 516 g/mol. The minimum atomic E-state index is -1.21. The van der Waals surface area contributed by atoms with E-state index in [-0.39, 0.29) is 11.8 Å². The Morgan fingerprint density at radius 3 is 1.85 bits per heavy atom. The summed E-state index contributed by atoms with van der Waals surface area (Å²) in [6.45, 7) is 0. The van der Waals surface area contributed by atoms with Gasteiger partial charge in [0, 0.05) is 10.6 Å². The molecule has 0 bridgehead atoms. The molecule has 0 aromatic heterocycles. The molecule has 204 valence electrons. The predicted molar refractivity (Wildman–Crippen MR) is 159 cm³/mol. The van der Waals surface area contributed by atoms with Crippen LogP contribution in [0.1, 0.15) is 52.7 Å². The lowest BCUT2D eigenvalue weighted by Gasteiger charge is -2.47. The zero-order valence-electron chi connectivity index (χ0n) is 22.8. The van der Waals surface area contributed by atoms with E-state index in [1.54, 1.807) is 12.1 Å². The number of methoxy groups -OCH3 is 1. The molecule has 4 aromatic carbocycles. The highest BCUT2D eigenvalue weighted by molar-refractivity contribution is 7.85. The van der Waals surface area contributed by atoms with Crippen LogP contribution in [0.2, 0.25) is 0 Å². The third-order valence-corrected chi connectivity index (χ3v) is 9.70. The minimum absolute atomic E-state index is 0.186. The van der Waals surface area contributed by atoms with E-state index in [1.165, 1.54) is 7.11 Å². The number of rotatable bonds is 9.